The predicted molar refractivity (Wildman–Crippen MR) is 180 cm³/mol. The van der Waals surface area contributed by atoms with Crippen LogP contribution in [-0.2, 0) is 24.4 Å². The number of nitrogens with one attached hydrogen (secondary N) is 1. The highest BCUT2D eigenvalue weighted by atomic mass is 16.6. The van der Waals surface area contributed by atoms with Crippen LogP contribution in [0.5, 0.6) is 11.5 Å². The molecule has 0 bridgehead atoms. The minimum atomic E-state index is -0.577. The Kier molecular flexibility index (Phi) is 11.0. The largest absolute Gasteiger partial charge is 0.485 e. The van der Waals surface area contributed by atoms with Gasteiger partial charge in [0.05, 0.1) is 0 Å². The van der Waals surface area contributed by atoms with Crippen molar-refractivity contribution in [2.45, 2.75) is 52.0 Å². The van der Waals surface area contributed by atoms with E-state index < -0.39 is 11.7 Å². The average molecular weight is 608 g/mol. The SMILES string of the molecule is CC(C)(C)OC(=O)NC(Cc1ccc(OCc2ccccc2)c(OCc2ccccc2)c1)CN1CCN(c2ccccc2)CC1. The molecule has 1 N–H and O–H groups in total. The smallest absolute Gasteiger partial charge is 0.407 e. The summed E-state index contributed by atoms with van der Waals surface area (Å²) in [6.45, 7) is 10.9. The third-order valence-electron chi connectivity index (χ3n) is 7.66. The summed E-state index contributed by atoms with van der Waals surface area (Å²) >= 11 is 0. The summed E-state index contributed by atoms with van der Waals surface area (Å²) in [6.07, 6.45) is 0.220. The number of rotatable bonds is 12. The van der Waals surface area contributed by atoms with Gasteiger partial charge in [0.25, 0.3) is 0 Å². The van der Waals surface area contributed by atoms with E-state index in [1.807, 2.05) is 99.6 Å². The number of piperazine rings is 1. The maximum absolute atomic E-state index is 12.9. The molecule has 0 radical (unpaired) electrons. The van der Waals surface area contributed by atoms with Crippen LogP contribution in [0.3, 0.4) is 0 Å². The van der Waals surface area contributed by atoms with Crippen molar-refractivity contribution < 1.29 is 19.0 Å². The van der Waals surface area contributed by atoms with Gasteiger partial charge in [-0.05, 0) is 68.1 Å². The third kappa shape index (κ3) is 10.3. The van der Waals surface area contributed by atoms with Crippen molar-refractivity contribution in [2.75, 3.05) is 37.6 Å². The van der Waals surface area contributed by atoms with Crippen LogP contribution in [-0.4, -0.2) is 55.4 Å². The molecule has 45 heavy (non-hydrogen) atoms. The molecule has 0 spiro atoms. The van der Waals surface area contributed by atoms with E-state index in [-0.39, 0.29) is 6.04 Å². The second kappa shape index (κ2) is 15.5. The van der Waals surface area contributed by atoms with Gasteiger partial charge in [-0.25, -0.2) is 4.79 Å². The number of para-hydroxylation sites is 1. The number of amides is 1. The van der Waals surface area contributed by atoms with Crippen molar-refractivity contribution in [3.05, 3.63) is 126 Å². The lowest BCUT2D eigenvalue weighted by atomic mass is 10.0. The lowest BCUT2D eigenvalue weighted by Crippen LogP contribution is -2.52. The first-order chi connectivity index (χ1) is 21.8. The zero-order valence-corrected chi connectivity index (χ0v) is 26.7. The Hall–Kier alpha value is -4.49. The van der Waals surface area contributed by atoms with Crippen LogP contribution in [0.4, 0.5) is 10.5 Å². The number of ether oxygens (including phenoxy) is 3. The Morgan fingerprint density at radius 1 is 0.711 bits per heavy atom. The molecule has 4 aromatic rings. The molecular weight excluding hydrogens is 562 g/mol. The minimum Gasteiger partial charge on any atom is -0.485 e. The Morgan fingerprint density at radius 3 is 1.84 bits per heavy atom. The van der Waals surface area contributed by atoms with E-state index in [0.29, 0.717) is 37.7 Å². The fraction of sp³-hybridized carbons (Fsp3) is 0.342. The molecule has 5 rings (SSSR count). The molecule has 1 fully saturated rings. The normalized spacial score (nSPS) is 14.4. The fourth-order valence-corrected chi connectivity index (χ4v) is 5.44. The maximum Gasteiger partial charge on any atom is 0.407 e. The highest BCUT2D eigenvalue weighted by Crippen LogP contribution is 2.31. The number of hydrogen-bond acceptors (Lipinski definition) is 6. The van der Waals surface area contributed by atoms with Gasteiger partial charge < -0.3 is 24.4 Å². The number of nitrogens with zero attached hydrogens (tertiary/aromatic N) is 2. The highest BCUT2D eigenvalue weighted by Gasteiger charge is 2.24. The molecule has 1 amide bonds. The molecule has 7 nitrogen and oxygen atoms in total. The van der Waals surface area contributed by atoms with Gasteiger partial charge in [0, 0.05) is 44.5 Å². The molecule has 236 valence electrons. The quantitative estimate of drug-likeness (QED) is 0.185. The average Bonchev–Trinajstić information content (AvgIpc) is 3.04. The van der Waals surface area contributed by atoms with Crippen molar-refractivity contribution in [1.29, 1.82) is 0 Å². The van der Waals surface area contributed by atoms with Crippen LogP contribution in [0, 0.1) is 0 Å². The molecule has 1 unspecified atom stereocenters. The van der Waals surface area contributed by atoms with Gasteiger partial charge in [-0.3, -0.25) is 4.90 Å². The molecule has 0 aliphatic carbocycles. The number of carbonyl (C=O) groups excluding carboxylic acids is 1. The van der Waals surface area contributed by atoms with Gasteiger partial charge in [-0.15, -0.1) is 0 Å². The number of benzene rings is 4. The van der Waals surface area contributed by atoms with E-state index in [4.69, 9.17) is 14.2 Å². The lowest BCUT2D eigenvalue weighted by molar-refractivity contribution is 0.0490. The molecule has 1 heterocycles. The molecule has 7 heteroatoms. The van der Waals surface area contributed by atoms with E-state index in [9.17, 15) is 4.79 Å². The Bertz CT molecular complexity index is 1470. The molecule has 1 saturated heterocycles. The van der Waals surface area contributed by atoms with Gasteiger partial charge in [0.15, 0.2) is 11.5 Å². The summed E-state index contributed by atoms with van der Waals surface area (Å²) in [5.41, 5.74) is 3.89. The highest BCUT2D eigenvalue weighted by molar-refractivity contribution is 5.68. The van der Waals surface area contributed by atoms with Crippen LogP contribution in [0.1, 0.15) is 37.5 Å². The Morgan fingerprint density at radius 2 is 1.27 bits per heavy atom. The topological polar surface area (TPSA) is 63.3 Å². The molecule has 1 aliphatic rings. The molecule has 1 aliphatic heterocycles. The Labute approximate surface area is 267 Å². The number of alkyl carbamates (subject to hydrolysis) is 1. The monoisotopic (exact) mass is 607 g/mol. The van der Waals surface area contributed by atoms with E-state index in [1.165, 1.54) is 5.69 Å². The van der Waals surface area contributed by atoms with Gasteiger partial charge in [-0.1, -0.05) is 84.9 Å². The lowest BCUT2D eigenvalue weighted by Gasteiger charge is -2.38. The zero-order chi connectivity index (χ0) is 31.5. The van der Waals surface area contributed by atoms with Crippen LogP contribution in [0.2, 0.25) is 0 Å². The first-order valence-corrected chi connectivity index (χ1v) is 15.8. The first-order valence-electron chi connectivity index (χ1n) is 15.8. The second-order valence-corrected chi connectivity index (χ2v) is 12.5. The molecular formula is C38H45N3O4. The summed E-state index contributed by atoms with van der Waals surface area (Å²) < 4.78 is 18.2. The van der Waals surface area contributed by atoms with Gasteiger partial charge in [0.1, 0.15) is 18.8 Å². The van der Waals surface area contributed by atoms with E-state index in [1.54, 1.807) is 0 Å². The van der Waals surface area contributed by atoms with Crippen LogP contribution < -0.4 is 19.7 Å². The van der Waals surface area contributed by atoms with Crippen molar-refractivity contribution in [3.8, 4) is 11.5 Å². The predicted octanol–water partition coefficient (Wildman–Crippen LogP) is 7.10. The molecule has 0 saturated carbocycles. The molecule has 0 aromatic heterocycles. The van der Waals surface area contributed by atoms with Crippen molar-refractivity contribution in [2.24, 2.45) is 0 Å². The van der Waals surface area contributed by atoms with Crippen molar-refractivity contribution in [3.63, 3.8) is 0 Å². The van der Waals surface area contributed by atoms with E-state index >= 15 is 0 Å². The third-order valence-corrected chi connectivity index (χ3v) is 7.66. The number of carbonyl (C=O) groups is 1. The summed E-state index contributed by atoms with van der Waals surface area (Å²) in [7, 11) is 0. The van der Waals surface area contributed by atoms with Gasteiger partial charge in [-0.2, -0.15) is 0 Å². The van der Waals surface area contributed by atoms with E-state index in [0.717, 1.165) is 42.9 Å². The molecule has 1 atom stereocenters. The number of anilines is 1. The van der Waals surface area contributed by atoms with Crippen molar-refractivity contribution in [1.82, 2.24) is 10.2 Å². The first kappa shape index (κ1) is 31.9. The number of hydrogen-bond donors (Lipinski definition) is 1. The minimum absolute atomic E-state index is 0.152. The summed E-state index contributed by atoms with van der Waals surface area (Å²) in [5.74, 6) is 1.37. The van der Waals surface area contributed by atoms with Crippen molar-refractivity contribution >= 4 is 11.8 Å². The maximum atomic E-state index is 12.9. The summed E-state index contributed by atoms with van der Waals surface area (Å²) in [4.78, 5) is 17.8. The van der Waals surface area contributed by atoms with Crippen LogP contribution >= 0.6 is 0 Å². The summed E-state index contributed by atoms with van der Waals surface area (Å²) in [5, 5.41) is 3.16. The molecule has 4 aromatic carbocycles. The van der Waals surface area contributed by atoms with Gasteiger partial charge in [0.2, 0.25) is 0 Å². The summed E-state index contributed by atoms with van der Waals surface area (Å²) in [6, 6.07) is 36.7. The van der Waals surface area contributed by atoms with Crippen LogP contribution in [0.25, 0.3) is 0 Å². The van der Waals surface area contributed by atoms with Crippen LogP contribution in [0.15, 0.2) is 109 Å². The Balaban J connectivity index is 1.30. The zero-order valence-electron chi connectivity index (χ0n) is 26.7. The van der Waals surface area contributed by atoms with E-state index in [2.05, 4.69) is 45.4 Å². The fourth-order valence-electron chi connectivity index (χ4n) is 5.44. The standard InChI is InChI=1S/C38H45N3O4/c1-38(2,3)45-37(42)39-33(27-40-21-23-41(24-22-40)34-17-11-6-12-18-34)25-32-19-20-35(43-28-30-13-7-4-8-14-30)36(26-32)44-29-31-15-9-5-10-16-31/h4-20,26,33H,21-25,27-29H2,1-3H3,(H,39,42). The second-order valence-electron chi connectivity index (χ2n) is 12.5. The van der Waals surface area contributed by atoms with Gasteiger partial charge >= 0.3 is 6.09 Å².